The number of rotatable bonds is 11. The fourth-order valence-corrected chi connectivity index (χ4v) is 2.69. The molecule has 0 unspecified atom stereocenters. The fraction of sp³-hybridized carbons (Fsp3) is 0.375. The number of benzene rings is 2. The number of nitrogens with one attached hydrogen (secondary N) is 1. The number of Topliss-reactive ketones (excluding diaryl/α,β-unsaturated/α-hetero) is 1. The van der Waals surface area contributed by atoms with E-state index in [1.165, 1.54) is 13.8 Å². The molecule has 1 amide bonds. The van der Waals surface area contributed by atoms with Gasteiger partial charge in [0.25, 0.3) is 5.91 Å². The van der Waals surface area contributed by atoms with Crippen LogP contribution >= 0.6 is 0 Å². The van der Waals surface area contributed by atoms with E-state index in [2.05, 4.69) is 12.2 Å². The zero-order chi connectivity index (χ0) is 22.8. The minimum atomic E-state index is -1.04. The molecule has 1 atom stereocenters. The van der Waals surface area contributed by atoms with E-state index in [-0.39, 0.29) is 11.3 Å². The van der Waals surface area contributed by atoms with Crippen LogP contribution in [0.5, 0.6) is 11.5 Å². The second-order valence-electron chi connectivity index (χ2n) is 6.97. The van der Waals surface area contributed by atoms with Crippen LogP contribution in [0.1, 0.15) is 61.3 Å². The number of amides is 1. The number of carbonyl (C=O) groups excluding carboxylic acids is 3. The van der Waals surface area contributed by atoms with Crippen molar-refractivity contribution in [2.24, 2.45) is 0 Å². The van der Waals surface area contributed by atoms with Gasteiger partial charge in [0, 0.05) is 11.3 Å². The zero-order valence-electron chi connectivity index (χ0n) is 18.4. The van der Waals surface area contributed by atoms with Crippen LogP contribution in [0, 0.1) is 0 Å². The van der Waals surface area contributed by atoms with E-state index in [4.69, 9.17) is 14.2 Å². The maximum atomic E-state index is 12.5. The first-order chi connectivity index (χ1) is 14.8. The predicted molar refractivity (Wildman–Crippen MR) is 118 cm³/mol. The van der Waals surface area contributed by atoms with Gasteiger partial charge in [-0.25, -0.2) is 4.79 Å². The Morgan fingerprint density at radius 3 is 2.42 bits per heavy atom. The van der Waals surface area contributed by atoms with Crippen molar-refractivity contribution in [3.63, 3.8) is 0 Å². The average Bonchev–Trinajstić information content (AvgIpc) is 2.75. The number of unbranched alkanes of at least 4 members (excludes halogenated alkanes) is 1. The first kappa shape index (κ1) is 23.9. The Labute approximate surface area is 182 Å². The number of carbonyl (C=O) groups is 3. The van der Waals surface area contributed by atoms with E-state index in [0.717, 1.165) is 12.8 Å². The number of ether oxygens (including phenoxy) is 3. The van der Waals surface area contributed by atoms with Crippen molar-refractivity contribution >= 4 is 23.3 Å². The SMILES string of the molecule is CCCCOc1ccc(C(=O)O[C@H](C)C(=O)Nc2cccc(C(C)=O)c2)cc1OCC. The van der Waals surface area contributed by atoms with Crippen molar-refractivity contribution in [3.8, 4) is 11.5 Å². The van der Waals surface area contributed by atoms with Gasteiger partial charge < -0.3 is 19.5 Å². The van der Waals surface area contributed by atoms with E-state index < -0.39 is 18.0 Å². The predicted octanol–water partition coefficient (Wildman–Crippen LogP) is 4.65. The second-order valence-corrected chi connectivity index (χ2v) is 6.97. The van der Waals surface area contributed by atoms with Gasteiger partial charge >= 0.3 is 5.97 Å². The van der Waals surface area contributed by atoms with Gasteiger partial charge in [-0.2, -0.15) is 0 Å². The van der Waals surface area contributed by atoms with Gasteiger partial charge in [-0.15, -0.1) is 0 Å². The lowest BCUT2D eigenvalue weighted by Gasteiger charge is -2.15. The van der Waals surface area contributed by atoms with Gasteiger partial charge in [-0.3, -0.25) is 9.59 Å². The van der Waals surface area contributed by atoms with E-state index in [1.54, 1.807) is 42.5 Å². The lowest BCUT2D eigenvalue weighted by atomic mass is 10.1. The summed E-state index contributed by atoms with van der Waals surface area (Å²) in [7, 11) is 0. The van der Waals surface area contributed by atoms with Crippen LogP contribution in [0.3, 0.4) is 0 Å². The maximum Gasteiger partial charge on any atom is 0.339 e. The molecule has 2 aromatic rings. The third-order valence-corrected chi connectivity index (χ3v) is 4.42. The molecule has 31 heavy (non-hydrogen) atoms. The van der Waals surface area contributed by atoms with Crippen LogP contribution in [0.15, 0.2) is 42.5 Å². The summed E-state index contributed by atoms with van der Waals surface area (Å²) in [4.78, 5) is 36.4. The Balaban J connectivity index is 2.04. The molecule has 0 radical (unpaired) electrons. The van der Waals surface area contributed by atoms with Gasteiger partial charge in [0.2, 0.25) is 0 Å². The van der Waals surface area contributed by atoms with Crippen molar-refractivity contribution in [2.75, 3.05) is 18.5 Å². The summed E-state index contributed by atoms with van der Waals surface area (Å²) in [5.41, 5.74) is 1.18. The molecule has 0 aliphatic heterocycles. The van der Waals surface area contributed by atoms with Gasteiger partial charge in [0.05, 0.1) is 18.8 Å². The summed E-state index contributed by atoms with van der Waals surface area (Å²) >= 11 is 0. The number of anilines is 1. The van der Waals surface area contributed by atoms with Crippen LogP contribution in [0.4, 0.5) is 5.69 Å². The molecule has 166 valence electrons. The van der Waals surface area contributed by atoms with Crippen molar-refractivity contribution in [1.82, 2.24) is 0 Å². The highest BCUT2D eigenvalue weighted by Crippen LogP contribution is 2.29. The Morgan fingerprint density at radius 1 is 0.968 bits per heavy atom. The van der Waals surface area contributed by atoms with Gasteiger partial charge in [-0.05, 0) is 57.5 Å². The molecule has 0 spiro atoms. The van der Waals surface area contributed by atoms with E-state index in [1.807, 2.05) is 6.92 Å². The molecule has 0 aromatic heterocycles. The first-order valence-electron chi connectivity index (χ1n) is 10.4. The molecule has 1 N–H and O–H groups in total. The second kappa shape index (κ2) is 11.7. The maximum absolute atomic E-state index is 12.5. The standard InChI is InChI=1S/C24H29NO6/c1-5-7-13-30-21-12-11-19(15-22(21)29-6-2)24(28)31-17(4)23(27)25-20-10-8-9-18(14-20)16(3)26/h8-12,14-15,17H,5-7,13H2,1-4H3,(H,25,27)/t17-/m1/s1. The van der Waals surface area contributed by atoms with Crippen LogP contribution in [0.2, 0.25) is 0 Å². The van der Waals surface area contributed by atoms with E-state index in [9.17, 15) is 14.4 Å². The number of hydrogen-bond donors (Lipinski definition) is 1. The summed E-state index contributed by atoms with van der Waals surface area (Å²) in [6, 6.07) is 11.3. The third kappa shape index (κ3) is 7.13. The molecule has 0 bridgehead atoms. The smallest absolute Gasteiger partial charge is 0.339 e. The molecular formula is C24H29NO6. The Bertz CT molecular complexity index is 924. The molecule has 7 nitrogen and oxygen atoms in total. The fourth-order valence-electron chi connectivity index (χ4n) is 2.69. The first-order valence-corrected chi connectivity index (χ1v) is 10.4. The molecule has 2 rings (SSSR count). The van der Waals surface area contributed by atoms with Gasteiger partial charge in [0.15, 0.2) is 23.4 Å². The van der Waals surface area contributed by atoms with Crippen LogP contribution < -0.4 is 14.8 Å². The van der Waals surface area contributed by atoms with Crippen LogP contribution in [-0.4, -0.2) is 37.0 Å². The molecule has 2 aromatic carbocycles. The van der Waals surface area contributed by atoms with Crippen LogP contribution in [0.25, 0.3) is 0 Å². The number of hydrogen-bond acceptors (Lipinski definition) is 6. The normalized spacial score (nSPS) is 11.4. The molecule has 0 aliphatic carbocycles. The summed E-state index contributed by atoms with van der Waals surface area (Å²) in [5.74, 6) is -0.253. The highest BCUT2D eigenvalue weighted by molar-refractivity contribution is 5.99. The minimum Gasteiger partial charge on any atom is -0.490 e. The summed E-state index contributed by atoms with van der Waals surface area (Å²) in [5, 5.41) is 2.65. The molecule has 0 fully saturated rings. The number of esters is 1. The number of ketones is 1. The Morgan fingerprint density at radius 2 is 1.74 bits per heavy atom. The quantitative estimate of drug-likeness (QED) is 0.319. The third-order valence-electron chi connectivity index (χ3n) is 4.42. The molecule has 0 heterocycles. The lowest BCUT2D eigenvalue weighted by Crippen LogP contribution is -2.30. The minimum absolute atomic E-state index is 0.109. The Hall–Kier alpha value is -3.35. The van der Waals surface area contributed by atoms with Gasteiger partial charge in [-0.1, -0.05) is 25.5 Å². The highest BCUT2D eigenvalue weighted by atomic mass is 16.5. The summed E-state index contributed by atoms with van der Waals surface area (Å²) in [6.45, 7) is 7.82. The van der Waals surface area contributed by atoms with Crippen molar-refractivity contribution < 1.29 is 28.6 Å². The largest absolute Gasteiger partial charge is 0.490 e. The van der Waals surface area contributed by atoms with Gasteiger partial charge in [0.1, 0.15) is 0 Å². The molecule has 0 saturated carbocycles. The van der Waals surface area contributed by atoms with Crippen molar-refractivity contribution in [2.45, 2.75) is 46.6 Å². The lowest BCUT2D eigenvalue weighted by molar-refractivity contribution is -0.123. The monoisotopic (exact) mass is 427 g/mol. The van der Waals surface area contributed by atoms with Crippen molar-refractivity contribution in [1.29, 1.82) is 0 Å². The van der Waals surface area contributed by atoms with Crippen molar-refractivity contribution in [3.05, 3.63) is 53.6 Å². The average molecular weight is 427 g/mol. The van der Waals surface area contributed by atoms with Crippen LogP contribution in [-0.2, 0) is 9.53 Å². The molecule has 7 heteroatoms. The summed E-state index contributed by atoms with van der Waals surface area (Å²) < 4.78 is 16.6. The molecule has 0 saturated heterocycles. The zero-order valence-corrected chi connectivity index (χ0v) is 18.4. The topological polar surface area (TPSA) is 90.9 Å². The molecule has 0 aliphatic rings. The van der Waals surface area contributed by atoms with E-state index >= 15 is 0 Å². The molecular weight excluding hydrogens is 398 g/mol. The highest BCUT2D eigenvalue weighted by Gasteiger charge is 2.20. The van der Waals surface area contributed by atoms with E-state index in [0.29, 0.717) is 36.0 Å². The Kier molecular flexibility index (Phi) is 9.06. The summed E-state index contributed by atoms with van der Waals surface area (Å²) in [6.07, 6.45) is 0.884.